The van der Waals surface area contributed by atoms with E-state index >= 15 is 0 Å². The molecule has 1 saturated carbocycles. The Morgan fingerprint density at radius 1 is 1.35 bits per heavy atom. The number of rotatable bonds is 2. The molecule has 0 saturated heterocycles. The molecule has 0 unspecified atom stereocenters. The minimum absolute atomic E-state index is 0.0960. The van der Waals surface area contributed by atoms with Crippen molar-refractivity contribution in [1.29, 1.82) is 0 Å². The van der Waals surface area contributed by atoms with Crippen molar-refractivity contribution in [2.45, 2.75) is 58.1 Å². The molecule has 0 aromatic carbocycles. The Hall–Kier alpha value is -1.06. The fourth-order valence-electron chi connectivity index (χ4n) is 2.16. The number of amides is 1. The van der Waals surface area contributed by atoms with E-state index in [-0.39, 0.29) is 18.1 Å². The van der Waals surface area contributed by atoms with Crippen LogP contribution in [0.4, 0.5) is 4.79 Å². The molecule has 0 N–H and O–H groups in total. The zero-order valence-electron chi connectivity index (χ0n) is 11.2. The first-order chi connectivity index (χ1) is 7.83. The molecule has 0 radical (unpaired) electrons. The van der Waals surface area contributed by atoms with E-state index in [9.17, 15) is 9.59 Å². The van der Waals surface area contributed by atoms with Crippen LogP contribution >= 0.6 is 0 Å². The van der Waals surface area contributed by atoms with E-state index < -0.39 is 5.60 Å². The van der Waals surface area contributed by atoms with Gasteiger partial charge < -0.3 is 14.4 Å². The maximum absolute atomic E-state index is 11.9. The van der Waals surface area contributed by atoms with E-state index in [0.29, 0.717) is 0 Å². The SMILES string of the molecule is CN(C(=O)OC(C)(C)C)[C@H]1CCC[C@H](C=O)C1. The van der Waals surface area contributed by atoms with Crippen molar-refractivity contribution >= 4 is 12.4 Å². The molecule has 0 aromatic rings. The summed E-state index contributed by atoms with van der Waals surface area (Å²) in [7, 11) is 1.76. The molecule has 1 rings (SSSR count). The van der Waals surface area contributed by atoms with Crippen molar-refractivity contribution in [3.63, 3.8) is 0 Å². The van der Waals surface area contributed by atoms with Gasteiger partial charge in [-0.05, 0) is 40.0 Å². The van der Waals surface area contributed by atoms with Crippen molar-refractivity contribution in [3.05, 3.63) is 0 Å². The van der Waals surface area contributed by atoms with Gasteiger partial charge in [0.15, 0.2) is 0 Å². The second-order valence-corrected chi connectivity index (χ2v) is 5.81. The van der Waals surface area contributed by atoms with Crippen molar-refractivity contribution < 1.29 is 14.3 Å². The molecule has 1 aliphatic carbocycles. The quantitative estimate of drug-likeness (QED) is 0.698. The summed E-state index contributed by atoms with van der Waals surface area (Å²) in [6, 6.07) is 0.133. The third-order valence-electron chi connectivity index (χ3n) is 3.11. The summed E-state index contributed by atoms with van der Waals surface area (Å²) in [6.45, 7) is 5.56. The number of ether oxygens (including phenoxy) is 1. The van der Waals surface area contributed by atoms with Crippen LogP contribution in [-0.2, 0) is 9.53 Å². The Morgan fingerprint density at radius 2 is 2.00 bits per heavy atom. The van der Waals surface area contributed by atoms with Gasteiger partial charge in [0.2, 0.25) is 0 Å². The second-order valence-electron chi connectivity index (χ2n) is 5.81. The van der Waals surface area contributed by atoms with Gasteiger partial charge in [0, 0.05) is 19.0 Å². The second kappa shape index (κ2) is 5.52. The third kappa shape index (κ3) is 4.36. The van der Waals surface area contributed by atoms with Gasteiger partial charge in [-0.25, -0.2) is 4.79 Å². The molecule has 4 nitrogen and oxygen atoms in total. The highest BCUT2D eigenvalue weighted by Gasteiger charge is 2.29. The van der Waals surface area contributed by atoms with Crippen molar-refractivity contribution in [3.8, 4) is 0 Å². The zero-order chi connectivity index (χ0) is 13.1. The number of aldehydes is 1. The van der Waals surface area contributed by atoms with Crippen LogP contribution in [0.15, 0.2) is 0 Å². The summed E-state index contributed by atoms with van der Waals surface area (Å²) >= 11 is 0. The highest BCUT2D eigenvalue weighted by atomic mass is 16.6. The molecule has 1 fully saturated rings. The molecule has 1 aliphatic rings. The molecular weight excluding hydrogens is 218 g/mol. The Labute approximate surface area is 103 Å². The molecule has 0 spiro atoms. The van der Waals surface area contributed by atoms with E-state index in [2.05, 4.69) is 0 Å². The predicted octanol–water partition coefficient (Wildman–Crippen LogP) is 2.61. The fourth-order valence-corrected chi connectivity index (χ4v) is 2.16. The van der Waals surface area contributed by atoms with Crippen LogP contribution in [0.2, 0.25) is 0 Å². The summed E-state index contributed by atoms with van der Waals surface area (Å²) in [6.07, 6.45) is 4.38. The van der Waals surface area contributed by atoms with E-state index in [1.165, 1.54) is 0 Å². The van der Waals surface area contributed by atoms with Crippen LogP contribution in [-0.4, -0.2) is 36.0 Å². The monoisotopic (exact) mass is 241 g/mol. The first-order valence-corrected chi connectivity index (χ1v) is 6.24. The summed E-state index contributed by atoms with van der Waals surface area (Å²) in [5.41, 5.74) is -0.468. The van der Waals surface area contributed by atoms with Gasteiger partial charge in [-0.1, -0.05) is 6.42 Å². The lowest BCUT2D eigenvalue weighted by Gasteiger charge is -2.34. The maximum atomic E-state index is 11.9. The van der Waals surface area contributed by atoms with E-state index in [0.717, 1.165) is 32.0 Å². The first kappa shape index (κ1) is 14.0. The lowest BCUT2D eigenvalue weighted by atomic mass is 9.86. The topological polar surface area (TPSA) is 46.6 Å². The van der Waals surface area contributed by atoms with Crippen LogP contribution in [0.25, 0.3) is 0 Å². The van der Waals surface area contributed by atoms with Crippen LogP contribution in [0, 0.1) is 5.92 Å². The smallest absolute Gasteiger partial charge is 0.410 e. The van der Waals surface area contributed by atoms with Gasteiger partial charge in [0.05, 0.1) is 0 Å². The minimum Gasteiger partial charge on any atom is -0.444 e. The van der Waals surface area contributed by atoms with Gasteiger partial charge in [-0.3, -0.25) is 0 Å². The standard InChI is InChI=1S/C13H23NO3/c1-13(2,3)17-12(16)14(4)11-7-5-6-10(8-11)9-15/h9-11H,5-8H2,1-4H3/t10-,11-/m0/s1. The Bertz CT molecular complexity index is 283. The Morgan fingerprint density at radius 3 is 2.53 bits per heavy atom. The van der Waals surface area contributed by atoms with E-state index in [4.69, 9.17) is 4.74 Å². The highest BCUT2D eigenvalue weighted by molar-refractivity contribution is 5.68. The van der Waals surface area contributed by atoms with Crippen LogP contribution in [0.5, 0.6) is 0 Å². The molecule has 2 atom stereocenters. The van der Waals surface area contributed by atoms with Crippen LogP contribution < -0.4 is 0 Å². The van der Waals surface area contributed by atoms with E-state index in [1.807, 2.05) is 20.8 Å². The summed E-state index contributed by atoms with van der Waals surface area (Å²) in [5, 5.41) is 0. The maximum Gasteiger partial charge on any atom is 0.410 e. The predicted molar refractivity (Wildman–Crippen MR) is 65.8 cm³/mol. The van der Waals surface area contributed by atoms with Crippen LogP contribution in [0.1, 0.15) is 46.5 Å². The zero-order valence-corrected chi connectivity index (χ0v) is 11.2. The van der Waals surface area contributed by atoms with Gasteiger partial charge in [-0.15, -0.1) is 0 Å². The van der Waals surface area contributed by atoms with Gasteiger partial charge in [0.25, 0.3) is 0 Å². The molecule has 0 aromatic heterocycles. The average molecular weight is 241 g/mol. The summed E-state index contributed by atoms with van der Waals surface area (Å²) in [5.74, 6) is 0.0960. The van der Waals surface area contributed by atoms with Gasteiger partial charge in [0.1, 0.15) is 11.9 Å². The number of nitrogens with zero attached hydrogens (tertiary/aromatic N) is 1. The fraction of sp³-hybridized carbons (Fsp3) is 0.846. The molecule has 0 bridgehead atoms. The third-order valence-corrected chi connectivity index (χ3v) is 3.11. The number of hydrogen-bond acceptors (Lipinski definition) is 3. The first-order valence-electron chi connectivity index (χ1n) is 6.24. The Balaban J connectivity index is 2.54. The highest BCUT2D eigenvalue weighted by Crippen LogP contribution is 2.26. The van der Waals surface area contributed by atoms with E-state index in [1.54, 1.807) is 11.9 Å². The largest absolute Gasteiger partial charge is 0.444 e. The normalized spacial score (nSPS) is 25.2. The van der Waals surface area contributed by atoms with Crippen molar-refractivity contribution in [2.24, 2.45) is 5.92 Å². The molecule has 0 heterocycles. The van der Waals surface area contributed by atoms with Gasteiger partial charge in [-0.2, -0.15) is 0 Å². The summed E-state index contributed by atoms with van der Waals surface area (Å²) < 4.78 is 5.32. The molecule has 17 heavy (non-hydrogen) atoms. The molecule has 0 aliphatic heterocycles. The number of carbonyl (C=O) groups excluding carboxylic acids is 2. The molecular formula is C13H23NO3. The van der Waals surface area contributed by atoms with Crippen molar-refractivity contribution in [1.82, 2.24) is 4.90 Å². The van der Waals surface area contributed by atoms with Crippen molar-refractivity contribution in [2.75, 3.05) is 7.05 Å². The molecule has 4 heteroatoms. The van der Waals surface area contributed by atoms with Gasteiger partial charge >= 0.3 is 6.09 Å². The number of hydrogen-bond donors (Lipinski definition) is 0. The molecule has 98 valence electrons. The number of carbonyl (C=O) groups is 2. The molecule has 1 amide bonds. The summed E-state index contributed by atoms with van der Waals surface area (Å²) in [4.78, 5) is 24.3. The lowest BCUT2D eigenvalue weighted by Crippen LogP contribution is -2.43. The minimum atomic E-state index is -0.468. The lowest BCUT2D eigenvalue weighted by molar-refractivity contribution is -0.112. The van der Waals surface area contributed by atoms with Crippen LogP contribution in [0.3, 0.4) is 0 Å². The average Bonchev–Trinajstić information content (AvgIpc) is 2.26. The Kier molecular flexibility index (Phi) is 4.54.